The lowest BCUT2D eigenvalue weighted by atomic mass is 9.99. The van der Waals surface area contributed by atoms with Crippen molar-refractivity contribution in [1.29, 1.82) is 0 Å². The number of benzene rings is 1. The lowest BCUT2D eigenvalue weighted by Crippen LogP contribution is -2.62. The lowest BCUT2D eigenvalue weighted by Gasteiger charge is -2.29. The molecule has 0 aromatic heterocycles. The fourth-order valence-electron chi connectivity index (χ4n) is 8.08. The van der Waals surface area contributed by atoms with Crippen LogP contribution in [0, 0.1) is 17.8 Å². The highest BCUT2D eigenvalue weighted by Gasteiger charge is 2.37. The second-order valence-corrected chi connectivity index (χ2v) is 21.3. The molecule has 0 fully saturated rings. The molecule has 11 atom stereocenters. The summed E-state index contributed by atoms with van der Waals surface area (Å²) in [6.45, 7) is 12.8. The van der Waals surface area contributed by atoms with Crippen LogP contribution in [0.4, 0.5) is 0 Å². The number of hydrogen-bond acceptors (Lipinski definition) is 16. The third-order valence-corrected chi connectivity index (χ3v) is 12.5. The Hall–Kier alpha value is -7.79. The average Bonchev–Trinajstić information content (AvgIpc) is 3.46. The first-order valence-electron chi connectivity index (χ1n) is 27.1. The first-order chi connectivity index (χ1) is 38.3. The van der Waals surface area contributed by atoms with E-state index < -0.39 is 187 Å². The van der Waals surface area contributed by atoms with Gasteiger partial charge in [-0.25, -0.2) is 4.79 Å². The van der Waals surface area contributed by atoms with Gasteiger partial charge in [0.25, 0.3) is 0 Å². The standard InChI is InChI=1S/C53H86N12O17/c1-26(2)22-32(55)45(73)64-42(28(5)6)51(79)63-38(25-39(56)67)49(77)58-33(17-19-40(68)69)46(74)61-36(23-27(3)4)50(78)65-43(30(8)66)52(80)59-34(18-20-41(70)71)47(75)62-37(24-31-14-10-9-11-15-31)48(76)57-29(7)44(72)60-35(53(81)82)16-12-13-21-54/h9-11,14-15,26-30,32-38,42-43,66H,12-13,16-25,54-55H2,1-8H3,(H2,56,67)(H,57,76)(H,58,77)(H,59,80)(H,60,72)(H,61,74)(H,62,75)(H,63,79)(H,64,73)(H,65,78)(H,68,69)(H,70,71)(H,81,82)/t29-,30+,32-,33-,34-,35-,36-,37-,38-,42-,43-/m0/s1. The number of nitrogens with two attached hydrogens (primary N) is 3. The maximum atomic E-state index is 14.1. The highest BCUT2D eigenvalue weighted by Crippen LogP contribution is 2.13. The van der Waals surface area contributed by atoms with Crippen molar-refractivity contribution in [3.63, 3.8) is 0 Å². The predicted octanol–water partition coefficient (Wildman–Crippen LogP) is -3.11. The van der Waals surface area contributed by atoms with E-state index in [0.29, 0.717) is 24.9 Å². The van der Waals surface area contributed by atoms with E-state index >= 15 is 0 Å². The number of rotatable bonds is 39. The summed E-state index contributed by atoms with van der Waals surface area (Å²) in [5, 5.41) is 61.2. The third-order valence-electron chi connectivity index (χ3n) is 12.5. The van der Waals surface area contributed by atoms with Gasteiger partial charge in [0, 0.05) is 19.3 Å². The predicted molar refractivity (Wildman–Crippen MR) is 295 cm³/mol. The molecule has 0 saturated heterocycles. The van der Waals surface area contributed by atoms with Gasteiger partial charge >= 0.3 is 17.9 Å². The van der Waals surface area contributed by atoms with E-state index in [9.17, 15) is 82.8 Å². The molecule has 460 valence electrons. The zero-order valence-electron chi connectivity index (χ0n) is 47.8. The molecule has 0 bridgehead atoms. The molecule has 1 aromatic rings. The smallest absolute Gasteiger partial charge is 0.326 e. The van der Waals surface area contributed by atoms with Crippen LogP contribution in [0.2, 0.25) is 0 Å². The number of carbonyl (C=O) groups is 13. The molecule has 0 radical (unpaired) electrons. The molecule has 29 heteroatoms. The Kier molecular flexibility index (Phi) is 32.2. The molecule has 10 amide bonds. The van der Waals surface area contributed by atoms with E-state index in [4.69, 9.17) is 17.2 Å². The second-order valence-electron chi connectivity index (χ2n) is 21.3. The summed E-state index contributed by atoms with van der Waals surface area (Å²) in [6.07, 6.45) is -4.43. The maximum absolute atomic E-state index is 14.1. The Morgan fingerprint density at radius 1 is 0.476 bits per heavy atom. The molecule has 0 spiro atoms. The SMILES string of the molecule is CC(C)C[C@H](NC(=O)[C@H](CCC(=O)O)NC(=O)[C@H](CC(N)=O)NC(=O)[C@@H](NC(=O)[C@@H](N)CC(C)C)C(C)C)C(=O)N[C@H](C(=O)N[C@@H](CCC(=O)O)C(=O)N[C@@H](Cc1ccccc1)C(=O)N[C@@H](C)C(=O)N[C@@H](CCCCN)C(=O)O)[C@@H](C)O. The summed E-state index contributed by atoms with van der Waals surface area (Å²) >= 11 is 0. The Morgan fingerprint density at radius 3 is 1.39 bits per heavy atom. The molecule has 0 heterocycles. The fraction of sp³-hybridized carbons (Fsp3) is 0.642. The van der Waals surface area contributed by atoms with Crippen molar-refractivity contribution < 1.29 is 82.8 Å². The van der Waals surface area contributed by atoms with Crippen LogP contribution in [0.15, 0.2) is 30.3 Å². The Bertz CT molecular complexity index is 2360. The van der Waals surface area contributed by atoms with Gasteiger partial charge in [-0.1, -0.05) is 71.9 Å². The quantitative estimate of drug-likeness (QED) is 0.0290. The number of unbranched alkanes of at least 4 members (excludes halogenated alkanes) is 1. The van der Waals surface area contributed by atoms with E-state index in [0.717, 1.165) is 6.92 Å². The summed E-state index contributed by atoms with van der Waals surface area (Å²) < 4.78 is 0. The minimum Gasteiger partial charge on any atom is -0.481 e. The number of aliphatic carboxylic acids is 3. The van der Waals surface area contributed by atoms with Crippen LogP contribution in [-0.2, 0) is 68.7 Å². The van der Waals surface area contributed by atoms with Crippen molar-refractivity contribution in [2.75, 3.05) is 6.54 Å². The van der Waals surface area contributed by atoms with Gasteiger partial charge in [-0.3, -0.25) is 57.5 Å². The van der Waals surface area contributed by atoms with Crippen molar-refractivity contribution in [2.24, 2.45) is 35.0 Å². The van der Waals surface area contributed by atoms with Crippen LogP contribution in [-0.4, -0.2) is 170 Å². The molecule has 0 saturated carbocycles. The van der Waals surface area contributed by atoms with Gasteiger partial charge in [0.2, 0.25) is 59.1 Å². The number of carboxylic acid groups (broad SMARTS) is 3. The van der Waals surface area contributed by atoms with Crippen molar-refractivity contribution >= 4 is 77.0 Å². The number of aliphatic hydroxyl groups is 1. The number of hydrogen-bond donors (Lipinski definition) is 16. The summed E-state index contributed by atoms with van der Waals surface area (Å²) in [6, 6.07) is -7.07. The first-order valence-corrected chi connectivity index (χ1v) is 27.1. The zero-order valence-corrected chi connectivity index (χ0v) is 47.8. The van der Waals surface area contributed by atoms with Gasteiger partial charge < -0.3 is 85.5 Å². The maximum Gasteiger partial charge on any atom is 0.326 e. The van der Waals surface area contributed by atoms with E-state index in [1.165, 1.54) is 6.92 Å². The monoisotopic (exact) mass is 1160 g/mol. The summed E-state index contributed by atoms with van der Waals surface area (Å²) in [5.74, 6) is -15.4. The lowest BCUT2D eigenvalue weighted by molar-refractivity contribution is -0.142. The minimum atomic E-state index is -1.93. The molecular weight excluding hydrogens is 1080 g/mol. The van der Waals surface area contributed by atoms with E-state index in [2.05, 4.69) is 47.9 Å². The Morgan fingerprint density at radius 2 is 0.915 bits per heavy atom. The fourth-order valence-corrected chi connectivity index (χ4v) is 8.08. The Labute approximate surface area is 476 Å². The first kappa shape index (κ1) is 72.2. The average molecular weight is 1160 g/mol. The molecule has 82 heavy (non-hydrogen) atoms. The van der Waals surface area contributed by atoms with Gasteiger partial charge in [0.05, 0.1) is 18.6 Å². The van der Waals surface area contributed by atoms with E-state index in [-0.39, 0.29) is 31.6 Å². The summed E-state index contributed by atoms with van der Waals surface area (Å²) in [5.41, 5.74) is 17.4. The van der Waals surface area contributed by atoms with Gasteiger partial charge in [-0.15, -0.1) is 0 Å². The Balaban J connectivity index is 3.52. The van der Waals surface area contributed by atoms with Crippen molar-refractivity contribution in [1.82, 2.24) is 47.9 Å². The van der Waals surface area contributed by atoms with Crippen LogP contribution >= 0.6 is 0 Å². The van der Waals surface area contributed by atoms with E-state index in [1.807, 2.05) is 13.8 Å². The molecule has 1 aromatic carbocycles. The molecular formula is C53H86N12O17. The summed E-state index contributed by atoms with van der Waals surface area (Å²) in [4.78, 5) is 171. The van der Waals surface area contributed by atoms with E-state index in [1.54, 1.807) is 58.0 Å². The highest BCUT2D eigenvalue weighted by molar-refractivity contribution is 5.99. The van der Waals surface area contributed by atoms with Gasteiger partial charge in [0.1, 0.15) is 54.4 Å². The number of primary amides is 1. The van der Waals surface area contributed by atoms with Crippen LogP contribution in [0.25, 0.3) is 0 Å². The van der Waals surface area contributed by atoms with Gasteiger partial charge in [-0.2, -0.15) is 0 Å². The molecule has 0 aliphatic rings. The highest BCUT2D eigenvalue weighted by atomic mass is 16.4. The van der Waals surface area contributed by atoms with Crippen LogP contribution in [0.5, 0.6) is 0 Å². The second kappa shape index (κ2) is 36.5. The third kappa shape index (κ3) is 27.6. The normalized spacial score (nSPS) is 15.2. The number of amides is 10. The zero-order chi connectivity index (χ0) is 62.6. The van der Waals surface area contributed by atoms with Gasteiger partial charge in [-0.05, 0) is 88.7 Å². The summed E-state index contributed by atoms with van der Waals surface area (Å²) in [7, 11) is 0. The molecule has 29 nitrogen and oxygen atoms in total. The number of nitrogens with one attached hydrogen (secondary N) is 9. The molecule has 0 unspecified atom stereocenters. The molecule has 1 rings (SSSR count). The molecule has 0 aliphatic heterocycles. The number of carboxylic acids is 3. The van der Waals surface area contributed by atoms with Crippen molar-refractivity contribution in [3.8, 4) is 0 Å². The number of aliphatic hydroxyl groups excluding tert-OH is 1. The van der Waals surface area contributed by atoms with Crippen molar-refractivity contribution in [3.05, 3.63) is 35.9 Å². The number of carbonyl (C=O) groups excluding carboxylic acids is 10. The largest absolute Gasteiger partial charge is 0.481 e. The topological polar surface area (TPSA) is 489 Å². The molecule has 0 aliphatic carbocycles. The van der Waals surface area contributed by atoms with Crippen LogP contribution in [0.1, 0.15) is 125 Å². The molecule has 19 N–H and O–H groups in total. The van der Waals surface area contributed by atoms with Crippen molar-refractivity contribution in [2.45, 2.75) is 193 Å². The van der Waals surface area contributed by atoms with Crippen LogP contribution < -0.4 is 65.1 Å². The van der Waals surface area contributed by atoms with Crippen LogP contribution in [0.3, 0.4) is 0 Å². The van der Waals surface area contributed by atoms with Gasteiger partial charge in [0.15, 0.2) is 0 Å². The minimum absolute atomic E-state index is 0.0297.